The Morgan fingerprint density at radius 2 is 1.16 bits per heavy atom. The molecule has 2 atom stereocenters. The Labute approximate surface area is 160 Å². The fourth-order valence-corrected chi connectivity index (χ4v) is 3.73. The Bertz CT molecular complexity index is 547. The molecule has 0 saturated carbocycles. The van der Waals surface area contributed by atoms with Crippen molar-refractivity contribution < 1.29 is 17.3 Å². The highest BCUT2D eigenvalue weighted by molar-refractivity contribution is 5.26. The summed E-state index contributed by atoms with van der Waals surface area (Å²) in [5.41, 5.74) is 2.94. The minimum atomic E-state index is 0. The molecule has 1 N–H and O–H groups in total. The van der Waals surface area contributed by atoms with Gasteiger partial charge >= 0.3 is 0 Å². The van der Waals surface area contributed by atoms with Crippen LogP contribution in [0.1, 0.15) is 69.5 Å². The van der Waals surface area contributed by atoms with E-state index in [1.54, 1.807) is 4.90 Å². The van der Waals surface area contributed by atoms with E-state index in [1.807, 2.05) is 0 Å². The van der Waals surface area contributed by atoms with E-state index in [0.29, 0.717) is 12.0 Å². The molecule has 138 valence electrons. The maximum atomic E-state index is 2.41. The Kier molecular flexibility index (Phi) is 10.5. The molecule has 2 rings (SSSR count). The summed E-state index contributed by atoms with van der Waals surface area (Å²) < 4.78 is 0. The van der Waals surface area contributed by atoms with Gasteiger partial charge in [0.2, 0.25) is 0 Å². The van der Waals surface area contributed by atoms with Crippen LogP contribution in [0, 0.1) is 0 Å². The summed E-state index contributed by atoms with van der Waals surface area (Å²) >= 11 is 0. The summed E-state index contributed by atoms with van der Waals surface area (Å²) in [5, 5.41) is 0. The summed E-state index contributed by atoms with van der Waals surface area (Å²) in [6.45, 7) is 9.55. The van der Waals surface area contributed by atoms with E-state index in [4.69, 9.17) is 0 Å². The van der Waals surface area contributed by atoms with E-state index in [1.165, 1.54) is 49.9 Å². The van der Waals surface area contributed by atoms with Crippen LogP contribution in [-0.2, 0) is 0 Å². The third kappa shape index (κ3) is 6.49. The van der Waals surface area contributed by atoms with Crippen LogP contribution in [0.3, 0.4) is 0 Å². The average Bonchev–Trinajstić information content (AvgIpc) is 2.65. The molecule has 0 bridgehead atoms. The van der Waals surface area contributed by atoms with Crippen molar-refractivity contribution in [2.24, 2.45) is 0 Å². The molecule has 0 amide bonds. The molecule has 0 spiro atoms. The molecule has 2 unspecified atom stereocenters. The lowest BCUT2D eigenvalue weighted by atomic mass is 9.87. The van der Waals surface area contributed by atoms with Gasteiger partial charge in [0.25, 0.3) is 0 Å². The highest BCUT2D eigenvalue weighted by atomic mass is 35.5. The number of hydrogen-bond acceptors (Lipinski definition) is 0. The zero-order chi connectivity index (χ0) is 17.2. The number of hydrogen-bond donors (Lipinski definition) is 1. The van der Waals surface area contributed by atoms with Crippen LogP contribution >= 0.6 is 0 Å². The van der Waals surface area contributed by atoms with Gasteiger partial charge in [0, 0.05) is 11.5 Å². The van der Waals surface area contributed by atoms with Crippen molar-refractivity contribution in [2.45, 2.75) is 58.4 Å². The van der Waals surface area contributed by atoms with Crippen LogP contribution in [0.5, 0.6) is 0 Å². The van der Waals surface area contributed by atoms with Crippen molar-refractivity contribution in [2.75, 3.05) is 13.1 Å². The molecule has 0 fully saturated rings. The van der Waals surface area contributed by atoms with E-state index in [9.17, 15) is 0 Å². The maximum Gasteiger partial charge on any atom is 0.120 e. The van der Waals surface area contributed by atoms with Gasteiger partial charge in [0.15, 0.2) is 0 Å². The highest BCUT2D eigenvalue weighted by Gasteiger charge is 2.30. The number of rotatable bonds is 10. The van der Waals surface area contributed by atoms with E-state index in [2.05, 4.69) is 81.4 Å². The second kappa shape index (κ2) is 12.1. The standard InChI is InChI=1S/C23H33N.ClH/c1-4-6-18-24(19-7-5-2)23(22-16-12-9-13-17-22)20(3)21-14-10-8-11-15-21;/h8-17,20,23H,4-7,18-19H2,1-3H3;1H. The topological polar surface area (TPSA) is 4.44 Å². The molecule has 0 aromatic heterocycles. The van der Waals surface area contributed by atoms with Gasteiger partial charge in [-0.2, -0.15) is 0 Å². The zero-order valence-corrected chi connectivity index (χ0v) is 16.8. The summed E-state index contributed by atoms with van der Waals surface area (Å²) in [4.78, 5) is 1.75. The lowest BCUT2D eigenvalue weighted by Crippen LogP contribution is -3.12. The second-order valence-corrected chi connectivity index (χ2v) is 6.95. The molecule has 2 aromatic carbocycles. The second-order valence-electron chi connectivity index (χ2n) is 6.95. The Morgan fingerprint density at radius 3 is 1.60 bits per heavy atom. The molecule has 0 aliphatic rings. The first kappa shape index (κ1) is 21.7. The number of halogens is 1. The molecule has 2 heteroatoms. The third-order valence-electron chi connectivity index (χ3n) is 5.13. The summed E-state index contributed by atoms with van der Waals surface area (Å²) in [7, 11) is 0. The van der Waals surface area contributed by atoms with Crippen molar-refractivity contribution in [3.05, 3.63) is 71.8 Å². The predicted molar refractivity (Wildman–Crippen MR) is 105 cm³/mol. The van der Waals surface area contributed by atoms with Crippen molar-refractivity contribution in [3.63, 3.8) is 0 Å². The van der Waals surface area contributed by atoms with Crippen molar-refractivity contribution in [3.8, 4) is 0 Å². The van der Waals surface area contributed by atoms with E-state index >= 15 is 0 Å². The predicted octanol–water partition coefficient (Wildman–Crippen LogP) is 2.02. The molecular weight excluding hydrogens is 326 g/mol. The van der Waals surface area contributed by atoms with Gasteiger partial charge in [-0.15, -0.1) is 0 Å². The summed E-state index contributed by atoms with van der Waals surface area (Å²) in [6, 6.07) is 22.7. The van der Waals surface area contributed by atoms with E-state index < -0.39 is 0 Å². The minimum absolute atomic E-state index is 0. The Hall–Kier alpha value is -1.31. The molecule has 25 heavy (non-hydrogen) atoms. The van der Waals surface area contributed by atoms with Gasteiger partial charge in [-0.05, 0) is 18.4 Å². The molecule has 2 aromatic rings. The molecule has 0 aliphatic carbocycles. The molecule has 0 aliphatic heterocycles. The number of unbranched alkanes of at least 4 members (excludes halogenated alkanes) is 2. The smallest absolute Gasteiger partial charge is 0.120 e. The van der Waals surface area contributed by atoms with Crippen LogP contribution in [0.25, 0.3) is 0 Å². The molecule has 1 nitrogen and oxygen atoms in total. The normalized spacial score (nSPS) is 13.3. The van der Waals surface area contributed by atoms with Crippen LogP contribution < -0.4 is 17.3 Å². The van der Waals surface area contributed by atoms with Gasteiger partial charge in [-0.1, -0.05) is 94.3 Å². The van der Waals surface area contributed by atoms with E-state index in [-0.39, 0.29) is 12.4 Å². The summed E-state index contributed by atoms with van der Waals surface area (Å²) in [5.74, 6) is 0.525. The first-order chi connectivity index (χ1) is 11.8. The van der Waals surface area contributed by atoms with Gasteiger partial charge in [0.1, 0.15) is 6.04 Å². The first-order valence-electron chi connectivity index (χ1n) is 9.72. The monoisotopic (exact) mass is 359 g/mol. The largest absolute Gasteiger partial charge is 1.00 e. The van der Waals surface area contributed by atoms with Crippen molar-refractivity contribution in [1.29, 1.82) is 0 Å². The van der Waals surface area contributed by atoms with Crippen LogP contribution in [0.2, 0.25) is 0 Å². The highest BCUT2D eigenvalue weighted by Crippen LogP contribution is 2.28. The third-order valence-corrected chi connectivity index (χ3v) is 5.13. The van der Waals surface area contributed by atoms with E-state index in [0.717, 1.165) is 0 Å². The first-order valence-corrected chi connectivity index (χ1v) is 9.72. The number of benzene rings is 2. The fraction of sp³-hybridized carbons (Fsp3) is 0.478. The van der Waals surface area contributed by atoms with Crippen LogP contribution in [0.15, 0.2) is 60.7 Å². The molecule has 0 radical (unpaired) electrons. The van der Waals surface area contributed by atoms with Crippen LogP contribution in [-0.4, -0.2) is 13.1 Å². The van der Waals surface area contributed by atoms with Gasteiger partial charge < -0.3 is 17.3 Å². The number of nitrogens with one attached hydrogen (secondary N) is 1. The minimum Gasteiger partial charge on any atom is -1.00 e. The van der Waals surface area contributed by atoms with Crippen LogP contribution in [0.4, 0.5) is 0 Å². The Morgan fingerprint density at radius 1 is 0.720 bits per heavy atom. The average molecular weight is 360 g/mol. The fourth-order valence-electron chi connectivity index (χ4n) is 3.73. The number of quaternary nitrogens is 1. The van der Waals surface area contributed by atoms with Gasteiger partial charge in [-0.25, -0.2) is 0 Å². The lowest BCUT2D eigenvalue weighted by Gasteiger charge is -2.33. The molecule has 0 heterocycles. The molecule has 0 saturated heterocycles. The zero-order valence-electron chi connectivity index (χ0n) is 16.0. The van der Waals surface area contributed by atoms with Gasteiger partial charge in [0.05, 0.1) is 13.1 Å². The van der Waals surface area contributed by atoms with Gasteiger partial charge in [-0.3, -0.25) is 0 Å². The summed E-state index contributed by atoms with van der Waals surface area (Å²) in [6.07, 6.45) is 5.17. The molecular formula is C23H34ClN. The quantitative estimate of drug-likeness (QED) is 0.662. The SMILES string of the molecule is CCCC[NH+](CCCC)C(c1ccccc1)C(C)c1ccccc1.[Cl-]. The van der Waals surface area contributed by atoms with Crippen molar-refractivity contribution >= 4 is 0 Å². The van der Waals surface area contributed by atoms with Crippen molar-refractivity contribution in [1.82, 2.24) is 0 Å². The lowest BCUT2D eigenvalue weighted by molar-refractivity contribution is -0.934. The Balaban J connectivity index is 0.00000312. The maximum absolute atomic E-state index is 2.41.